The molecule has 0 saturated heterocycles. The minimum absolute atomic E-state index is 0.161. The van der Waals surface area contributed by atoms with E-state index < -0.39 is 10.0 Å². The molecule has 0 aliphatic heterocycles. The molecule has 0 amide bonds. The molecule has 0 bridgehead atoms. The Morgan fingerprint density at radius 1 is 1.00 bits per heavy atom. The van der Waals surface area contributed by atoms with Gasteiger partial charge in [-0.2, -0.15) is 4.98 Å². The molecule has 7 nitrogen and oxygen atoms in total. The lowest BCUT2D eigenvalue weighted by Crippen LogP contribution is -2.30. The van der Waals surface area contributed by atoms with Crippen molar-refractivity contribution in [1.82, 2.24) is 14.4 Å². The smallest absolute Gasteiger partial charge is 0.264 e. The zero-order valence-electron chi connectivity index (χ0n) is 18.0. The number of likely N-dealkylation sites (N-methyl/N-ethyl adjacent to an activating group) is 1. The van der Waals surface area contributed by atoms with Crippen molar-refractivity contribution in [1.29, 1.82) is 0 Å². The van der Waals surface area contributed by atoms with E-state index in [1.807, 2.05) is 58.0 Å². The fraction of sp³-hybridized carbons (Fsp3) is 0.364. The van der Waals surface area contributed by atoms with Gasteiger partial charge in [0.25, 0.3) is 5.89 Å². The molecule has 0 atom stereocenters. The van der Waals surface area contributed by atoms with E-state index in [-0.39, 0.29) is 13.2 Å². The molecule has 3 aromatic rings. The van der Waals surface area contributed by atoms with Gasteiger partial charge in [-0.15, -0.1) is 0 Å². The van der Waals surface area contributed by atoms with E-state index in [1.165, 1.54) is 4.31 Å². The van der Waals surface area contributed by atoms with Crippen LogP contribution in [0.1, 0.15) is 34.0 Å². The van der Waals surface area contributed by atoms with Crippen LogP contribution in [0.15, 0.2) is 45.8 Å². The SMILES string of the molecule is Cc1cc(C)c(S(=O)(=O)N(C)CCc2noc(COc3ccccc3C)n2)cc1C. The van der Waals surface area contributed by atoms with Gasteiger partial charge in [0, 0.05) is 20.0 Å². The third kappa shape index (κ3) is 4.88. The second-order valence-corrected chi connectivity index (χ2v) is 9.45. The van der Waals surface area contributed by atoms with Gasteiger partial charge in [0.15, 0.2) is 12.4 Å². The number of sulfonamides is 1. The molecule has 0 spiro atoms. The van der Waals surface area contributed by atoms with Crippen LogP contribution in [0, 0.1) is 27.7 Å². The molecule has 8 heteroatoms. The van der Waals surface area contributed by atoms with Crippen molar-refractivity contribution in [2.75, 3.05) is 13.6 Å². The number of ether oxygens (including phenoxy) is 1. The van der Waals surface area contributed by atoms with Crippen molar-refractivity contribution in [2.24, 2.45) is 0 Å². The molecule has 0 unspecified atom stereocenters. The molecule has 0 radical (unpaired) electrons. The van der Waals surface area contributed by atoms with Crippen molar-refractivity contribution in [3.05, 3.63) is 70.4 Å². The highest BCUT2D eigenvalue weighted by Crippen LogP contribution is 2.23. The Bertz CT molecular complexity index is 1140. The van der Waals surface area contributed by atoms with E-state index >= 15 is 0 Å². The summed E-state index contributed by atoms with van der Waals surface area (Å²) in [5.41, 5.74) is 3.77. The van der Waals surface area contributed by atoms with Crippen LogP contribution in [0.3, 0.4) is 0 Å². The van der Waals surface area contributed by atoms with Gasteiger partial charge < -0.3 is 9.26 Å². The molecule has 0 aliphatic carbocycles. The van der Waals surface area contributed by atoms with Gasteiger partial charge in [-0.25, -0.2) is 12.7 Å². The third-order valence-corrected chi connectivity index (χ3v) is 7.08. The monoisotopic (exact) mass is 429 g/mol. The van der Waals surface area contributed by atoms with Crippen molar-refractivity contribution >= 4 is 10.0 Å². The summed E-state index contributed by atoms with van der Waals surface area (Å²) < 4.78 is 38.2. The summed E-state index contributed by atoms with van der Waals surface area (Å²) in [6, 6.07) is 11.3. The van der Waals surface area contributed by atoms with Crippen molar-refractivity contribution in [3.63, 3.8) is 0 Å². The molecule has 0 N–H and O–H groups in total. The predicted molar refractivity (Wildman–Crippen MR) is 114 cm³/mol. The number of rotatable bonds is 8. The average molecular weight is 430 g/mol. The fourth-order valence-corrected chi connectivity index (χ4v) is 4.52. The Balaban J connectivity index is 1.62. The zero-order valence-corrected chi connectivity index (χ0v) is 18.8. The lowest BCUT2D eigenvalue weighted by Gasteiger charge is -2.19. The van der Waals surface area contributed by atoms with Crippen LogP contribution in [-0.4, -0.2) is 36.5 Å². The third-order valence-electron chi connectivity index (χ3n) is 5.08. The van der Waals surface area contributed by atoms with Crippen LogP contribution >= 0.6 is 0 Å². The van der Waals surface area contributed by atoms with E-state index in [2.05, 4.69) is 10.1 Å². The summed E-state index contributed by atoms with van der Waals surface area (Å²) >= 11 is 0. The maximum atomic E-state index is 13.0. The average Bonchev–Trinajstić information content (AvgIpc) is 3.16. The molecule has 1 aromatic heterocycles. The number of aromatic nitrogens is 2. The minimum Gasteiger partial charge on any atom is -0.483 e. The highest BCUT2D eigenvalue weighted by molar-refractivity contribution is 7.89. The van der Waals surface area contributed by atoms with E-state index in [0.29, 0.717) is 23.0 Å². The highest BCUT2D eigenvalue weighted by Gasteiger charge is 2.24. The van der Waals surface area contributed by atoms with Crippen LogP contribution in [-0.2, 0) is 23.1 Å². The quantitative estimate of drug-likeness (QED) is 0.542. The fourth-order valence-electron chi connectivity index (χ4n) is 3.07. The normalized spacial score (nSPS) is 11.8. The van der Waals surface area contributed by atoms with E-state index in [1.54, 1.807) is 13.1 Å². The number of hydrogen-bond acceptors (Lipinski definition) is 6. The molecular weight excluding hydrogens is 402 g/mol. The summed E-state index contributed by atoms with van der Waals surface area (Å²) in [5.74, 6) is 1.55. The second kappa shape index (κ2) is 8.97. The van der Waals surface area contributed by atoms with Crippen LogP contribution in [0.2, 0.25) is 0 Å². The number of nitrogens with zero attached hydrogens (tertiary/aromatic N) is 3. The molecule has 0 aliphatic rings. The van der Waals surface area contributed by atoms with Gasteiger partial charge in [0.1, 0.15) is 5.75 Å². The highest BCUT2D eigenvalue weighted by atomic mass is 32.2. The first-order valence-corrected chi connectivity index (χ1v) is 11.2. The Morgan fingerprint density at radius 3 is 2.43 bits per heavy atom. The van der Waals surface area contributed by atoms with E-state index in [9.17, 15) is 8.42 Å². The van der Waals surface area contributed by atoms with Crippen molar-refractivity contribution in [3.8, 4) is 5.75 Å². The van der Waals surface area contributed by atoms with Gasteiger partial charge in [-0.1, -0.05) is 29.4 Å². The Kier molecular flexibility index (Phi) is 6.58. The minimum atomic E-state index is -3.60. The molecule has 0 fully saturated rings. The van der Waals surface area contributed by atoms with Crippen LogP contribution in [0.4, 0.5) is 0 Å². The summed E-state index contributed by atoms with van der Waals surface area (Å²) in [6.45, 7) is 8.06. The summed E-state index contributed by atoms with van der Waals surface area (Å²) in [4.78, 5) is 4.63. The molecular formula is C22H27N3O4S. The molecule has 30 heavy (non-hydrogen) atoms. The summed E-state index contributed by atoms with van der Waals surface area (Å²) in [7, 11) is -2.04. The molecule has 0 saturated carbocycles. The van der Waals surface area contributed by atoms with Gasteiger partial charge in [0.05, 0.1) is 4.90 Å². The van der Waals surface area contributed by atoms with Crippen LogP contribution in [0.25, 0.3) is 0 Å². The van der Waals surface area contributed by atoms with E-state index in [0.717, 1.165) is 28.0 Å². The largest absolute Gasteiger partial charge is 0.483 e. The molecule has 1 heterocycles. The molecule has 3 rings (SSSR count). The molecule has 2 aromatic carbocycles. The summed E-state index contributed by atoms with van der Waals surface area (Å²) in [6.07, 6.45) is 0.341. The van der Waals surface area contributed by atoms with Gasteiger partial charge >= 0.3 is 0 Å². The van der Waals surface area contributed by atoms with Crippen LogP contribution < -0.4 is 4.74 Å². The Labute approximate surface area is 177 Å². The summed E-state index contributed by atoms with van der Waals surface area (Å²) in [5, 5.41) is 3.93. The maximum absolute atomic E-state index is 13.0. The lowest BCUT2D eigenvalue weighted by molar-refractivity contribution is 0.241. The number of para-hydroxylation sites is 1. The predicted octanol–water partition coefficient (Wildman–Crippen LogP) is 3.75. The second-order valence-electron chi connectivity index (χ2n) is 7.44. The van der Waals surface area contributed by atoms with Gasteiger partial charge in [-0.3, -0.25) is 0 Å². The first kappa shape index (κ1) is 22.0. The lowest BCUT2D eigenvalue weighted by atomic mass is 10.1. The van der Waals surface area contributed by atoms with Crippen LogP contribution in [0.5, 0.6) is 5.75 Å². The van der Waals surface area contributed by atoms with Crippen molar-refractivity contribution in [2.45, 2.75) is 45.6 Å². The first-order valence-electron chi connectivity index (χ1n) is 9.72. The number of hydrogen-bond donors (Lipinski definition) is 0. The number of benzene rings is 2. The Morgan fingerprint density at radius 2 is 1.70 bits per heavy atom. The molecule has 160 valence electrons. The maximum Gasteiger partial charge on any atom is 0.264 e. The van der Waals surface area contributed by atoms with E-state index in [4.69, 9.17) is 9.26 Å². The standard InChI is InChI=1S/C22H27N3O4S/c1-15-8-6-7-9-19(15)28-14-22-23-21(24-29-22)10-11-25(5)30(26,27)20-13-17(3)16(2)12-18(20)4/h6-9,12-13H,10-11,14H2,1-5H3. The Hall–Kier alpha value is -2.71. The van der Waals surface area contributed by atoms with Crippen molar-refractivity contribution < 1.29 is 17.7 Å². The van der Waals surface area contributed by atoms with Gasteiger partial charge in [0.2, 0.25) is 10.0 Å². The first-order chi connectivity index (χ1) is 14.2. The topological polar surface area (TPSA) is 85.5 Å². The zero-order chi connectivity index (χ0) is 21.9. The van der Waals surface area contributed by atoms with Gasteiger partial charge in [-0.05, 0) is 62.1 Å². The number of aryl methyl sites for hydroxylation is 4.